The van der Waals surface area contributed by atoms with Gasteiger partial charge in [-0.25, -0.2) is 0 Å². The van der Waals surface area contributed by atoms with Gasteiger partial charge in [0, 0.05) is 20.3 Å². The molecule has 0 atom stereocenters. The standard InChI is InChI=1S/C7H14N2O2/c1-11-4-2-3-9-6-8-5-7(9)10/h8H,2-6H2,1H3. The van der Waals surface area contributed by atoms with Crippen LogP contribution in [-0.2, 0) is 9.53 Å². The lowest BCUT2D eigenvalue weighted by molar-refractivity contribution is -0.126. The third-order valence-electron chi connectivity index (χ3n) is 1.71. The van der Waals surface area contributed by atoms with Crippen LogP contribution in [0.4, 0.5) is 0 Å². The van der Waals surface area contributed by atoms with Gasteiger partial charge in [0.15, 0.2) is 0 Å². The first kappa shape index (κ1) is 8.49. The lowest BCUT2D eigenvalue weighted by atomic mass is 10.4. The van der Waals surface area contributed by atoms with Crippen LogP contribution in [0.25, 0.3) is 0 Å². The van der Waals surface area contributed by atoms with E-state index in [0.29, 0.717) is 13.2 Å². The zero-order valence-electron chi connectivity index (χ0n) is 6.80. The SMILES string of the molecule is COCCCN1CNCC1=O. The van der Waals surface area contributed by atoms with Gasteiger partial charge in [0.25, 0.3) is 0 Å². The average Bonchev–Trinajstić information content (AvgIpc) is 2.37. The number of nitrogens with zero attached hydrogens (tertiary/aromatic N) is 1. The van der Waals surface area contributed by atoms with E-state index < -0.39 is 0 Å². The maximum absolute atomic E-state index is 11.0. The number of nitrogens with one attached hydrogen (secondary N) is 1. The molecule has 0 unspecified atom stereocenters. The van der Waals surface area contributed by atoms with Crippen molar-refractivity contribution in [1.82, 2.24) is 10.2 Å². The summed E-state index contributed by atoms with van der Waals surface area (Å²) in [5.41, 5.74) is 0. The van der Waals surface area contributed by atoms with Crippen LogP contribution in [0.15, 0.2) is 0 Å². The molecule has 1 heterocycles. The molecule has 0 aromatic heterocycles. The van der Waals surface area contributed by atoms with Gasteiger partial charge >= 0.3 is 0 Å². The molecule has 0 aliphatic carbocycles. The van der Waals surface area contributed by atoms with Gasteiger partial charge in [-0.1, -0.05) is 0 Å². The molecule has 0 bridgehead atoms. The Morgan fingerprint density at radius 1 is 1.73 bits per heavy atom. The molecule has 1 saturated heterocycles. The number of carbonyl (C=O) groups is 1. The Morgan fingerprint density at radius 2 is 2.55 bits per heavy atom. The second-order valence-corrected chi connectivity index (χ2v) is 2.59. The smallest absolute Gasteiger partial charge is 0.237 e. The fourth-order valence-corrected chi connectivity index (χ4v) is 1.10. The van der Waals surface area contributed by atoms with Crippen molar-refractivity contribution >= 4 is 5.91 Å². The molecule has 1 fully saturated rings. The molecule has 1 N–H and O–H groups in total. The lowest BCUT2D eigenvalue weighted by Crippen LogP contribution is -2.27. The van der Waals surface area contributed by atoms with Gasteiger partial charge in [-0.2, -0.15) is 0 Å². The molecular weight excluding hydrogens is 144 g/mol. The maximum Gasteiger partial charge on any atom is 0.237 e. The average molecular weight is 158 g/mol. The number of methoxy groups -OCH3 is 1. The zero-order chi connectivity index (χ0) is 8.10. The van der Waals surface area contributed by atoms with Crippen LogP contribution in [0.1, 0.15) is 6.42 Å². The van der Waals surface area contributed by atoms with E-state index >= 15 is 0 Å². The second-order valence-electron chi connectivity index (χ2n) is 2.59. The van der Waals surface area contributed by atoms with E-state index in [0.717, 1.165) is 19.6 Å². The van der Waals surface area contributed by atoms with Gasteiger partial charge in [-0.3, -0.25) is 10.1 Å². The van der Waals surface area contributed by atoms with Crippen molar-refractivity contribution in [3.63, 3.8) is 0 Å². The second kappa shape index (κ2) is 4.31. The minimum atomic E-state index is 0.195. The summed E-state index contributed by atoms with van der Waals surface area (Å²) in [5.74, 6) is 0.195. The third-order valence-corrected chi connectivity index (χ3v) is 1.71. The molecule has 1 aliphatic heterocycles. The summed E-state index contributed by atoms with van der Waals surface area (Å²) < 4.78 is 4.88. The molecule has 0 saturated carbocycles. The molecule has 4 nitrogen and oxygen atoms in total. The van der Waals surface area contributed by atoms with Crippen molar-refractivity contribution in [3.8, 4) is 0 Å². The minimum absolute atomic E-state index is 0.195. The van der Waals surface area contributed by atoms with Gasteiger partial charge in [-0.05, 0) is 6.42 Å². The normalized spacial score (nSPS) is 17.9. The van der Waals surface area contributed by atoms with Crippen LogP contribution < -0.4 is 5.32 Å². The summed E-state index contributed by atoms with van der Waals surface area (Å²) >= 11 is 0. The minimum Gasteiger partial charge on any atom is -0.385 e. The molecule has 1 aliphatic rings. The number of amides is 1. The Labute approximate surface area is 66.5 Å². The van der Waals surface area contributed by atoms with E-state index in [-0.39, 0.29) is 5.91 Å². The molecule has 0 spiro atoms. The van der Waals surface area contributed by atoms with Crippen LogP contribution in [-0.4, -0.2) is 44.3 Å². The first-order chi connectivity index (χ1) is 5.34. The lowest BCUT2D eigenvalue weighted by Gasteiger charge is -2.13. The van der Waals surface area contributed by atoms with Crippen LogP contribution in [0, 0.1) is 0 Å². The largest absolute Gasteiger partial charge is 0.385 e. The Bertz CT molecular complexity index is 138. The highest BCUT2D eigenvalue weighted by molar-refractivity contribution is 5.79. The molecule has 4 heteroatoms. The first-order valence-corrected chi connectivity index (χ1v) is 3.82. The highest BCUT2D eigenvalue weighted by Crippen LogP contribution is 1.96. The molecule has 0 aromatic rings. The van der Waals surface area contributed by atoms with Crippen molar-refractivity contribution in [2.75, 3.05) is 33.5 Å². The van der Waals surface area contributed by atoms with Gasteiger partial charge in [0.1, 0.15) is 0 Å². The van der Waals surface area contributed by atoms with Gasteiger partial charge in [0.05, 0.1) is 13.2 Å². The fraction of sp³-hybridized carbons (Fsp3) is 0.857. The highest BCUT2D eigenvalue weighted by Gasteiger charge is 2.17. The van der Waals surface area contributed by atoms with Crippen molar-refractivity contribution in [2.45, 2.75) is 6.42 Å². The van der Waals surface area contributed by atoms with Crippen LogP contribution in [0.3, 0.4) is 0 Å². The highest BCUT2D eigenvalue weighted by atomic mass is 16.5. The zero-order valence-corrected chi connectivity index (χ0v) is 6.80. The van der Waals surface area contributed by atoms with E-state index in [2.05, 4.69) is 5.32 Å². The quantitative estimate of drug-likeness (QED) is 0.556. The fourth-order valence-electron chi connectivity index (χ4n) is 1.10. The predicted octanol–water partition coefficient (Wildman–Crippen LogP) is -0.588. The van der Waals surface area contributed by atoms with Gasteiger partial charge in [-0.15, -0.1) is 0 Å². The summed E-state index contributed by atoms with van der Waals surface area (Å²) in [4.78, 5) is 12.8. The van der Waals surface area contributed by atoms with Crippen molar-refractivity contribution in [2.24, 2.45) is 0 Å². The van der Waals surface area contributed by atoms with E-state index in [1.54, 1.807) is 12.0 Å². The summed E-state index contributed by atoms with van der Waals surface area (Å²) in [6.45, 7) is 2.72. The van der Waals surface area contributed by atoms with Crippen LogP contribution >= 0.6 is 0 Å². The van der Waals surface area contributed by atoms with Gasteiger partial charge in [0.2, 0.25) is 5.91 Å². The summed E-state index contributed by atoms with van der Waals surface area (Å²) in [6, 6.07) is 0. The first-order valence-electron chi connectivity index (χ1n) is 3.82. The Kier molecular flexibility index (Phi) is 3.32. The van der Waals surface area contributed by atoms with Crippen molar-refractivity contribution in [1.29, 1.82) is 0 Å². The van der Waals surface area contributed by atoms with Crippen LogP contribution in [0.5, 0.6) is 0 Å². The Morgan fingerprint density at radius 3 is 3.09 bits per heavy atom. The third kappa shape index (κ3) is 2.48. The van der Waals surface area contributed by atoms with E-state index in [4.69, 9.17) is 4.74 Å². The number of carbonyl (C=O) groups excluding carboxylic acids is 1. The number of rotatable bonds is 4. The van der Waals surface area contributed by atoms with E-state index in [1.165, 1.54) is 0 Å². The maximum atomic E-state index is 11.0. The number of hydrogen-bond donors (Lipinski definition) is 1. The molecule has 0 radical (unpaired) electrons. The summed E-state index contributed by atoms with van der Waals surface area (Å²) in [7, 11) is 1.67. The van der Waals surface area contributed by atoms with E-state index in [1.807, 2.05) is 0 Å². The topological polar surface area (TPSA) is 41.6 Å². The summed E-state index contributed by atoms with van der Waals surface area (Å²) in [6.07, 6.45) is 0.921. The molecule has 64 valence electrons. The Hall–Kier alpha value is -0.610. The number of ether oxygens (including phenoxy) is 1. The van der Waals surface area contributed by atoms with Gasteiger partial charge < -0.3 is 9.64 Å². The Balaban J connectivity index is 2.10. The molecule has 11 heavy (non-hydrogen) atoms. The molecule has 0 aromatic carbocycles. The molecular formula is C7H14N2O2. The van der Waals surface area contributed by atoms with Crippen LogP contribution in [0.2, 0.25) is 0 Å². The number of hydrogen-bond acceptors (Lipinski definition) is 3. The van der Waals surface area contributed by atoms with Crippen molar-refractivity contribution in [3.05, 3.63) is 0 Å². The monoisotopic (exact) mass is 158 g/mol. The van der Waals surface area contributed by atoms with E-state index in [9.17, 15) is 4.79 Å². The predicted molar refractivity (Wildman–Crippen MR) is 41.1 cm³/mol. The van der Waals surface area contributed by atoms with Crippen molar-refractivity contribution < 1.29 is 9.53 Å². The molecule has 1 rings (SSSR count). The summed E-state index contributed by atoms with van der Waals surface area (Å²) in [5, 5.41) is 2.98. The molecule has 1 amide bonds.